The van der Waals surface area contributed by atoms with E-state index in [-0.39, 0.29) is 19.1 Å². The van der Waals surface area contributed by atoms with E-state index < -0.39 is 16.1 Å². The molecule has 0 aliphatic carbocycles. The number of aryl methyl sites for hydroxylation is 2. The summed E-state index contributed by atoms with van der Waals surface area (Å²) in [5, 5.41) is 0. The van der Waals surface area contributed by atoms with E-state index in [9.17, 15) is 13.2 Å². The number of ether oxygens (including phenoxy) is 1. The first-order valence-corrected chi connectivity index (χ1v) is 10.8. The standard InChI is InChI=1S/C18H22N2O4S2/c1-3-16-8-9-18(25-16)26(22,23)19-10-15-11-20(17(21)12-24-15)14-6-4-13(2)5-7-14/h4-9,15,19H,3,10-12H2,1-2H3. The highest BCUT2D eigenvalue weighted by atomic mass is 32.2. The highest BCUT2D eigenvalue weighted by Crippen LogP contribution is 2.22. The van der Waals surface area contributed by atoms with Crippen LogP contribution in [-0.4, -0.2) is 40.1 Å². The highest BCUT2D eigenvalue weighted by molar-refractivity contribution is 7.91. The zero-order valence-corrected chi connectivity index (χ0v) is 16.4. The third-order valence-electron chi connectivity index (χ3n) is 4.23. The molecule has 6 nitrogen and oxygen atoms in total. The van der Waals surface area contributed by atoms with Gasteiger partial charge in [0.1, 0.15) is 10.8 Å². The average Bonchev–Trinajstić information content (AvgIpc) is 3.12. The lowest BCUT2D eigenvalue weighted by molar-refractivity contribution is -0.129. The van der Waals surface area contributed by atoms with Crippen molar-refractivity contribution in [3.05, 3.63) is 46.8 Å². The molecule has 1 fully saturated rings. The van der Waals surface area contributed by atoms with Gasteiger partial charge in [0.25, 0.3) is 5.91 Å². The molecule has 1 aliphatic heterocycles. The Kier molecular flexibility index (Phi) is 5.76. The Balaban J connectivity index is 1.64. The second kappa shape index (κ2) is 7.87. The summed E-state index contributed by atoms with van der Waals surface area (Å²) in [6.45, 7) is 4.35. The van der Waals surface area contributed by atoms with Gasteiger partial charge in [0, 0.05) is 17.1 Å². The van der Waals surface area contributed by atoms with Gasteiger partial charge >= 0.3 is 0 Å². The predicted molar refractivity (Wildman–Crippen MR) is 102 cm³/mol. The van der Waals surface area contributed by atoms with Crippen LogP contribution in [0.25, 0.3) is 0 Å². The first kappa shape index (κ1) is 19.0. The molecule has 140 valence electrons. The number of amides is 1. The molecule has 2 aromatic rings. The van der Waals surface area contributed by atoms with Crippen LogP contribution < -0.4 is 9.62 Å². The van der Waals surface area contributed by atoms with E-state index in [4.69, 9.17) is 4.74 Å². The fourth-order valence-electron chi connectivity index (χ4n) is 2.69. The molecular formula is C18H22N2O4S2. The van der Waals surface area contributed by atoms with Crippen LogP contribution in [0.4, 0.5) is 5.69 Å². The van der Waals surface area contributed by atoms with E-state index in [0.29, 0.717) is 10.8 Å². The Morgan fingerprint density at radius 2 is 1.96 bits per heavy atom. The van der Waals surface area contributed by atoms with E-state index in [2.05, 4.69) is 4.72 Å². The topological polar surface area (TPSA) is 75.7 Å². The van der Waals surface area contributed by atoms with Crippen LogP contribution in [0.15, 0.2) is 40.6 Å². The third kappa shape index (κ3) is 4.32. The van der Waals surface area contributed by atoms with Gasteiger partial charge in [-0.3, -0.25) is 4.79 Å². The smallest absolute Gasteiger partial charge is 0.253 e. The van der Waals surface area contributed by atoms with Crippen molar-refractivity contribution < 1.29 is 17.9 Å². The number of benzene rings is 1. The lowest BCUT2D eigenvalue weighted by atomic mass is 10.2. The molecule has 0 saturated carbocycles. The van der Waals surface area contributed by atoms with Gasteiger partial charge in [0.15, 0.2) is 0 Å². The van der Waals surface area contributed by atoms with Crippen LogP contribution in [0.1, 0.15) is 17.4 Å². The summed E-state index contributed by atoms with van der Waals surface area (Å²) < 4.78 is 33.3. The van der Waals surface area contributed by atoms with Crippen molar-refractivity contribution >= 4 is 33.0 Å². The predicted octanol–water partition coefficient (Wildman–Crippen LogP) is 2.33. The fraction of sp³-hybridized carbons (Fsp3) is 0.389. The lowest BCUT2D eigenvalue weighted by Crippen LogP contribution is -2.50. The number of thiophene rings is 1. The molecule has 3 rings (SSSR count). The van der Waals surface area contributed by atoms with Crippen molar-refractivity contribution in [2.45, 2.75) is 30.6 Å². The number of nitrogens with zero attached hydrogens (tertiary/aromatic N) is 1. The summed E-state index contributed by atoms with van der Waals surface area (Å²) >= 11 is 1.27. The van der Waals surface area contributed by atoms with Crippen LogP contribution in [0.2, 0.25) is 0 Å². The number of hydrogen-bond donors (Lipinski definition) is 1. The quantitative estimate of drug-likeness (QED) is 0.816. The molecule has 0 radical (unpaired) electrons. The summed E-state index contributed by atoms with van der Waals surface area (Å²) in [6, 6.07) is 11.1. The monoisotopic (exact) mass is 394 g/mol. The number of carbonyl (C=O) groups is 1. The minimum absolute atomic E-state index is 0.0563. The van der Waals surface area contributed by atoms with Gasteiger partial charge in [-0.05, 0) is 37.6 Å². The van der Waals surface area contributed by atoms with E-state index in [0.717, 1.165) is 22.5 Å². The van der Waals surface area contributed by atoms with Crippen LogP contribution >= 0.6 is 11.3 Å². The molecule has 2 heterocycles. The highest BCUT2D eigenvalue weighted by Gasteiger charge is 2.29. The molecule has 26 heavy (non-hydrogen) atoms. The van der Waals surface area contributed by atoms with E-state index in [1.165, 1.54) is 11.3 Å². The van der Waals surface area contributed by atoms with Gasteiger partial charge in [-0.15, -0.1) is 11.3 Å². The molecule has 1 unspecified atom stereocenters. The van der Waals surface area contributed by atoms with Gasteiger partial charge in [0.2, 0.25) is 10.0 Å². The first-order valence-electron chi connectivity index (χ1n) is 8.46. The minimum Gasteiger partial charge on any atom is -0.365 e. The molecule has 8 heteroatoms. The second-order valence-corrected chi connectivity index (χ2v) is 9.36. The Hall–Kier alpha value is -1.74. The van der Waals surface area contributed by atoms with Gasteiger partial charge in [-0.25, -0.2) is 13.1 Å². The first-order chi connectivity index (χ1) is 12.4. The molecule has 1 aromatic carbocycles. The molecule has 1 aromatic heterocycles. The minimum atomic E-state index is -3.57. The maximum Gasteiger partial charge on any atom is 0.253 e. The molecule has 1 saturated heterocycles. The molecule has 1 atom stereocenters. The summed E-state index contributed by atoms with van der Waals surface area (Å²) in [7, 11) is -3.57. The van der Waals surface area contributed by atoms with Crippen molar-refractivity contribution in [3.8, 4) is 0 Å². The number of sulfonamides is 1. The van der Waals surface area contributed by atoms with Gasteiger partial charge in [-0.1, -0.05) is 24.6 Å². The number of carbonyl (C=O) groups excluding carboxylic acids is 1. The van der Waals surface area contributed by atoms with Crippen LogP contribution in [0.5, 0.6) is 0 Å². The van der Waals surface area contributed by atoms with Crippen LogP contribution in [0, 0.1) is 6.92 Å². The van der Waals surface area contributed by atoms with Crippen LogP contribution in [0.3, 0.4) is 0 Å². The molecular weight excluding hydrogens is 372 g/mol. The molecule has 0 bridgehead atoms. The zero-order chi connectivity index (χ0) is 18.7. The van der Waals surface area contributed by atoms with Crippen molar-refractivity contribution in [1.29, 1.82) is 0 Å². The third-order valence-corrected chi connectivity index (χ3v) is 7.37. The SMILES string of the molecule is CCc1ccc(S(=O)(=O)NCC2CN(c3ccc(C)cc3)C(=O)CO2)s1. The van der Waals surface area contributed by atoms with E-state index in [1.807, 2.05) is 44.2 Å². The fourth-order valence-corrected chi connectivity index (χ4v) is 5.10. The summed E-state index contributed by atoms with van der Waals surface area (Å²) in [5.74, 6) is -0.126. The molecule has 1 aliphatic rings. The summed E-state index contributed by atoms with van der Waals surface area (Å²) in [4.78, 5) is 14.8. The second-order valence-electron chi connectivity index (χ2n) is 6.20. The Labute approximate surface area is 157 Å². The normalized spacial score (nSPS) is 18.3. The number of nitrogens with one attached hydrogen (secondary N) is 1. The maximum atomic E-state index is 12.4. The van der Waals surface area contributed by atoms with E-state index in [1.54, 1.807) is 11.0 Å². The summed E-state index contributed by atoms with van der Waals surface area (Å²) in [6.07, 6.45) is 0.411. The van der Waals surface area contributed by atoms with Crippen molar-refractivity contribution in [1.82, 2.24) is 4.72 Å². The van der Waals surface area contributed by atoms with Gasteiger partial charge in [0.05, 0.1) is 12.6 Å². The maximum absolute atomic E-state index is 12.4. The summed E-state index contributed by atoms with van der Waals surface area (Å²) in [5.41, 5.74) is 1.91. The molecule has 1 amide bonds. The Morgan fingerprint density at radius 3 is 2.62 bits per heavy atom. The van der Waals surface area contributed by atoms with Crippen molar-refractivity contribution in [2.75, 3.05) is 24.6 Å². The van der Waals surface area contributed by atoms with Crippen molar-refractivity contribution in [2.24, 2.45) is 0 Å². The van der Waals surface area contributed by atoms with Crippen molar-refractivity contribution in [3.63, 3.8) is 0 Å². The number of morpholine rings is 1. The number of rotatable bonds is 6. The van der Waals surface area contributed by atoms with E-state index >= 15 is 0 Å². The lowest BCUT2D eigenvalue weighted by Gasteiger charge is -2.32. The average molecular weight is 395 g/mol. The Bertz CT molecular complexity index is 875. The molecule has 1 N–H and O–H groups in total. The van der Waals surface area contributed by atoms with Crippen LogP contribution in [-0.2, 0) is 26.0 Å². The number of hydrogen-bond acceptors (Lipinski definition) is 5. The van der Waals surface area contributed by atoms with Gasteiger partial charge < -0.3 is 9.64 Å². The largest absolute Gasteiger partial charge is 0.365 e. The molecule has 0 spiro atoms. The zero-order valence-electron chi connectivity index (χ0n) is 14.8. The number of anilines is 1. The Morgan fingerprint density at radius 1 is 1.23 bits per heavy atom. The van der Waals surface area contributed by atoms with Gasteiger partial charge in [-0.2, -0.15) is 0 Å².